The molecule has 0 aliphatic rings. The summed E-state index contributed by atoms with van der Waals surface area (Å²) in [6.45, 7) is 0. The van der Waals surface area contributed by atoms with Crippen LogP contribution in [0.15, 0.2) is 36.5 Å². The Morgan fingerprint density at radius 2 is 1.84 bits per heavy atom. The molecule has 0 bridgehead atoms. The molecular formula is C12H9F4N3. The van der Waals surface area contributed by atoms with Gasteiger partial charge in [-0.3, -0.25) is 10.8 Å². The molecule has 0 spiro atoms. The average Bonchev–Trinajstić information content (AvgIpc) is 2.37. The maximum absolute atomic E-state index is 13.4. The normalized spacial score (nSPS) is 11.4. The molecule has 0 fully saturated rings. The molecule has 0 radical (unpaired) electrons. The smallest absolute Gasteiger partial charge is 0.324 e. The van der Waals surface area contributed by atoms with E-state index in [1.807, 2.05) is 0 Å². The fourth-order valence-electron chi connectivity index (χ4n) is 1.58. The molecule has 1 heterocycles. The van der Waals surface area contributed by atoms with Crippen molar-refractivity contribution in [2.75, 3.05) is 5.43 Å². The van der Waals surface area contributed by atoms with Gasteiger partial charge in [0.05, 0.1) is 16.9 Å². The molecule has 1 aromatic heterocycles. The largest absolute Gasteiger partial charge is 0.419 e. The van der Waals surface area contributed by atoms with Crippen LogP contribution >= 0.6 is 0 Å². The van der Waals surface area contributed by atoms with E-state index >= 15 is 0 Å². The molecule has 100 valence electrons. The molecule has 2 aromatic rings. The van der Waals surface area contributed by atoms with Gasteiger partial charge in [0.1, 0.15) is 5.82 Å². The van der Waals surface area contributed by atoms with Gasteiger partial charge in [-0.05, 0) is 24.3 Å². The number of pyridine rings is 1. The summed E-state index contributed by atoms with van der Waals surface area (Å²) in [4.78, 5) is 3.95. The number of benzene rings is 1. The number of nitrogens with two attached hydrogens (primary N) is 1. The summed E-state index contributed by atoms with van der Waals surface area (Å²) in [6, 6.07) is 5.72. The van der Waals surface area contributed by atoms with Crippen LogP contribution in [-0.2, 0) is 6.18 Å². The van der Waals surface area contributed by atoms with Crippen molar-refractivity contribution in [2.45, 2.75) is 6.18 Å². The molecule has 3 N–H and O–H groups in total. The minimum Gasteiger partial charge on any atom is -0.324 e. The van der Waals surface area contributed by atoms with Gasteiger partial charge in [-0.25, -0.2) is 4.39 Å². The van der Waals surface area contributed by atoms with Crippen LogP contribution in [0.25, 0.3) is 11.3 Å². The Hall–Kier alpha value is -2.15. The third-order valence-electron chi connectivity index (χ3n) is 2.50. The fourth-order valence-corrected chi connectivity index (χ4v) is 1.58. The van der Waals surface area contributed by atoms with Gasteiger partial charge in [0, 0.05) is 11.8 Å². The van der Waals surface area contributed by atoms with Crippen LogP contribution in [0.5, 0.6) is 0 Å². The highest BCUT2D eigenvalue weighted by Crippen LogP contribution is 2.33. The van der Waals surface area contributed by atoms with Crippen molar-refractivity contribution in [3.8, 4) is 11.3 Å². The highest BCUT2D eigenvalue weighted by molar-refractivity contribution is 5.64. The molecule has 2 rings (SSSR count). The van der Waals surface area contributed by atoms with E-state index in [9.17, 15) is 17.6 Å². The van der Waals surface area contributed by atoms with E-state index < -0.39 is 17.6 Å². The third kappa shape index (κ3) is 2.82. The molecule has 0 amide bonds. The fraction of sp³-hybridized carbons (Fsp3) is 0.0833. The van der Waals surface area contributed by atoms with Crippen molar-refractivity contribution in [3.05, 3.63) is 47.9 Å². The quantitative estimate of drug-likeness (QED) is 0.501. The number of nitrogen functional groups attached to an aromatic ring is 1. The van der Waals surface area contributed by atoms with E-state index in [1.165, 1.54) is 12.3 Å². The molecule has 0 aliphatic heterocycles. The summed E-state index contributed by atoms with van der Waals surface area (Å²) in [5.41, 5.74) is 2.15. The maximum Gasteiger partial charge on any atom is 0.419 e. The first-order valence-electron chi connectivity index (χ1n) is 5.21. The van der Waals surface area contributed by atoms with Crippen molar-refractivity contribution in [1.82, 2.24) is 4.98 Å². The predicted octanol–water partition coefficient (Wildman–Crippen LogP) is 3.19. The lowest BCUT2D eigenvalue weighted by Crippen LogP contribution is -2.08. The zero-order valence-corrected chi connectivity index (χ0v) is 9.50. The van der Waals surface area contributed by atoms with Crippen molar-refractivity contribution in [2.24, 2.45) is 5.84 Å². The summed E-state index contributed by atoms with van der Waals surface area (Å²) in [5, 5.41) is 0. The molecule has 1 aromatic carbocycles. The zero-order chi connectivity index (χ0) is 14.0. The Morgan fingerprint density at radius 1 is 1.11 bits per heavy atom. The van der Waals surface area contributed by atoms with Crippen LogP contribution in [0.1, 0.15) is 5.56 Å². The van der Waals surface area contributed by atoms with Gasteiger partial charge in [-0.2, -0.15) is 13.2 Å². The zero-order valence-electron chi connectivity index (χ0n) is 9.50. The Balaban J connectivity index is 2.44. The number of aromatic nitrogens is 1. The number of hydrogen-bond donors (Lipinski definition) is 2. The first-order valence-corrected chi connectivity index (χ1v) is 5.21. The molecule has 0 saturated heterocycles. The number of halogens is 4. The van der Waals surface area contributed by atoms with Crippen molar-refractivity contribution in [1.29, 1.82) is 0 Å². The van der Waals surface area contributed by atoms with Gasteiger partial charge in [0.15, 0.2) is 0 Å². The van der Waals surface area contributed by atoms with Crippen LogP contribution in [0.3, 0.4) is 0 Å². The summed E-state index contributed by atoms with van der Waals surface area (Å²) in [5.74, 6) is 3.87. The Labute approximate surface area is 106 Å². The van der Waals surface area contributed by atoms with Crippen LogP contribution in [0, 0.1) is 5.82 Å². The third-order valence-corrected chi connectivity index (χ3v) is 2.50. The van der Waals surface area contributed by atoms with Gasteiger partial charge in [-0.1, -0.05) is 6.07 Å². The summed E-state index contributed by atoms with van der Waals surface area (Å²) in [7, 11) is 0. The monoisotopic (exact) mass is 271 g/mol. The highest BCUT2D eigenvalue weighted by atomic mass is 19.4. The maximum atomic E-state index is 13.4. The summed E-state index contributed by atoms with van der Waals surface area (Å²) in [6.07, 6.45) is -3.29. The van der Waals surface area contributed by atoms with Crippen molar-refractivity contribution in [3.63, 3.8) is 0 Å². The topological polar surface area (TPSA) is 50.9 Å². The molecule has 19 heavy (non-hydrogen) atoms. The number of hydrogen-bond acceptors (Lipinski definition) is 3. The number of rotatable bonds is 2. The molecule has 0 aliphatic carbocycles. The number of nitrogens with zero attached hydrogens (tertiary/aromatic N) is 1. The predicted molar refractivity (Wildman–Crippen MR) is 62.4 cm³/mol. The highest BCUT2D eigenvalue weighted by Gasteiger charge is 2.33. The van der Waals surface area contributed by atoms with Crippen LogP contribution in [0.2, 0.25) is 0 Å². The second-order valence-electron chi connectivity index (χ2n) is 3.77. The lowest BCUT2D eigenvalue weighted by molar-refractivity contribution is -0.139. The summed E-state index contributed by atoms with van der Waals surface area (Å²) < 4.78 is 50.7. The van der Waals surface area contributed by atoms with E-state index in [2.05, 4.69) is 10.4 Å². The second-order valence-corrected chi connectivity index (χ2v) is 3.77. The molecule has 3 nitrogen and oxygen atoms in total. The Kier molecular flexibility index (Phi) is 3.39. The lowest BCUT2D eigenvalue weighted by atomic mass is 10.1. The number of anilines is 1. The van der Waals surface area contributed by atoms with Crippen LogP contribution < -0.4 is 11.3 Å². The lowest BCUT2D eigenvalue weighted by Gasteiger charge is -2.09. The van der Waals surface area contributed by atoms with Crippen molar-refractivity contribution >= 4 is 5.69 Å². The van der Waals surface area contributed by atoms with Gasteiger partial charge >= 0.3 is 6.18 Å². The van der Waals surface area contributed by atoms with E-state index in [-0.39, 0.29) is 5.56 Å². The molecular weight excluding hydrogens is 262 g/mol. The number of hydrazine groups is 1. The van der Waals surface area contributed by atoms with E-state index in [4.69, 9.17) is 5.84 Å². The molecule has 7 heteroatoms. The first kappa shape index (κ1) is 13.3. The Bertz CT molecular complexity index is 596. The minimum absolute atomic E-state index is 0.239. The van der Waals surface area contributed by atoms with E-state index in [0.717, 1.165) is 12.1 Å². The SMILES string of the molecule is NNc1ccnc(-c2ccc(C(F)(F)F)c(F)c2)c1. The van der Waals surface area contributed by atoms with Gasteiger partial charge < -0.3 is 5.43 Å². The summed E-state index contributed by atoms with van der Waals surface area (Å²) >= 11 is 0. The van der Waals surface area contributed by atoms with E-state index in [1.54, 1.807) is 6.07 Å². The number of alkyl halides is 3. The standard InChI is InChI=1S/C12H9F4N3/c13-10-5-7(1-2-9(10)12(14,15)16)11-6-8(19-17)3-4-18-11/h1-6H,17H2,(H,18,19). The van der Waals surface area contributed by atoms with E-state index in [0.29, 0.717) is 17.4 Å². The molecule has 0 saturated carbocycles. The average molecular weight is 271 g/mol. The second kappa shape index (κ2) is 4.85. The van der Waals surface area contributed by atoms with Crippen molar-refractivity contribution < 1.29 is 17.6 Å². The van der Waals surface area contributed by atoms with Crippen LogP contribution in [0.4, 0.5) is 23.2 Å². The molecule has 0 atom stereocenters. The van der Waals surface area contributed by atoms with Gasteiger partial charge in [0.2, 0.25) is 0 Å². The van der Waals surface area contributed by atoms with Gasteiger partial charge in [-0.15, -0.1) is 0 Å². The Morgan fingerprint density at radius 3 is 2.42 bits per heavy atom. The molecule has 0 unspecified atom stereocenters. The first-order chi connectivity index (χ1) is 8.91. The minimum atomic E-state index is -4.71. The number of nitrogens with one attached hydrogen (secondary N) is 1. The van der Waals surface area contributed by atoms with Crippen LogP contribution in [-0.4, -0.2) is 4.98 Å². The van der Waals surface area contributed by atoms with Gasteiger partial charge in [0.25, 0.3) is 0 Å².